The van der Waals surface area contributed by atoms with E-state index < -0.39 is 0 Å². The number of phenols is 1. The maximum absolute atomic E-state index is 9.61. The largest absolute Gasteiger partial charge is 0.512 e. The van der Waals surface area contributed by atoms with Gasteiger partial charge in [0.1, 0.15) is 5.75 Å². The first-order valence-corrected chi connectivity index (χ1v) is 6.91. The molecule has 1 aliphatic carbocycles. The van der Waals surface area contributed by atoms with Crippen LogP contribution in [-0.2, 0) is 5.75 Å². The van der Waals surface area contributed by atoms with Gasteiger partial charge in [0.05, 0.1) is 5.76 Å². The van der Waals surface area contributed by atoms with Crippen molar-refractivity contribution in [3.8, 4) is 5.75 Å². The van der Waals surface area contributed by atoms with Crippen LogP contribution in [0, 0.1) is 0 Å². The summed E-state index contributed by atoms with van der Waals surface area (Å²) in [4.78, 5) is 0. The van der Waals surface area contributed by atoms with Crippen molar-refractivity contribution in [3.63, 3.8) is 0 Å². The Morgan fingerprint density at radius 2 is 1.94 bits per heavy atom. The van der Waals surface area contributed by atoms with Crippen LogP contribution in [0.3, 0.4) is 0 Å². The van der Waals surface area contributed by atoms with E-state index in [0.717, 1.165) is 24.3 Å². The lowest BCUT2D eigenvalue weighted by Gasteiger charge is -2.17. The molecule has 0 atom stereocenters. The van der Waals surface area contributed by atoms with Gasteiger partial charge in [-0.25, -0.2) is 0 Å². The summed E-state index contributed by atoms with van der Waals surface area (Å²) >= 11 is 1.83. The fraction of sp³-hybridized carbons (Fsp3) is 0.286. The molecule has 0 radical (unpaired) electrons. The van der Waals surface area contributed by atoms with Crippen molar-refractivity contribution < 1.29 is 10.2 Å². The predicted octanol–water partition coefficient (Wildman–Crippen LogP) is 3.63. The van der Waals surface area contributed by atoms with Crippen molar-refractivity contribution in [3.05, 3.63) is 46.7 Å². The minimum absolute atomic E-state index is 0.336. The monoisotopic (exact) mass is 246 g/mol. The van der Waals surface area contributed by atoms with Crippen molar-refractivity contribution in [1.82, 2.24) is 0 Å². The topological polar surface area (TPSA) is 40.5 Å². The van der Waals surface area contributed by atoms with Crippen LogP contribution < -0.4 is 0 Å². The molecule has 0 saturated carbocycles. The molecule has 0 unspecified atom stereocenters. The van der Waals surface area contributed by atoms with Crippen molar-refractivity contribution in [1.29, 1.82) is 0 Å². The third-order valence-electron chi connectivity index (χ3n) is 3.29. The summed E-state index contributed by atoms with van der Waals surface area (Å²) < 4.78 is 0. The average Bonchev–Trinajstić information content (AvgIpc) is 2.47. The van der Waals surface area contributed by atoms with Crippen LogP contribution in [0.25, 0.3) is 5.57 Å². The molecule has 0 fully saturated rings. The fourth-order valence-electron chi connectivity index (χ4n) is 2.48. The normalized spacial score (nSPS) is 19.2. The van der Waals surface area contributed by atoms with E-state index >= 15 is 0 Å². The van der Waals surface area contributed by atoms with Gasteiger partial charge in [0.25, 0.3) is 0 Å². The van der Waals surface area contributed by atoms with Gasteiger partial charge in [-0.3, -0.25) is 0 Å². The van der Waals surface area contributed by atoms with Crippen molar-refractivity contribution >= 4 is 17.3 Å². The molecule has 1 aromatic rings. The van der Waals surface area contributed by atoms with E-state index in [1.807, 2.05) is 30.0 Å². The van der Waals surface area contributed by atoms with Crippen LogP contribution in [0.5, 0.6) is 5.75 Å². The molecule has 0 saturated heterocycles. The van der Waals surface area contributed by atoms with E-state index in [9.17, 15) is 10.2 Å². The zero-order chi connectivity index (χ0) is 11.8. The highest BCUT2D eigenvalue weighted by molar-refractivity contribution is 7.98. The van der Waals surface area contributed by atoms with Gasteiger partial charge in [0.15, 0.2) is 0 Å². The molecule has 1 aliphatic heterocycles. The number of aromatic hydroxyl groups is 1. The number of hydrogen-bond donors (Lipinski definition) is 2. The number of fused-ring (bicyclic) bond motifs is 2. The maximum Gasteiger partial charge on any atom is 0.115 e. The van der Waals surface area contributed by atoms with Crippen molar-refractivity contribution in [2.24, 2.45) is 0 Å². The first-order chi connectivity index (χ1) is 8.24. The Labute approximate surface area is 105 Å². The van der Waals surface area contributed by atoms with Gasteiger partial charge in [-0.05, 0) is 46.9 Å². The SMILES string of the molecule is OC1=CC2=C(CC1)c1ccc(O)cc1CSC2. The van der Waals surface area contributed by atoms with Crippen molar-refractivity contribution in [2.45, 2.75) is 18.6 Å². The number of rotatable bonds is 0. The Balaban J connectivity index is 2.15. The van der Waals surface area contributed by atoms with Crippen LogP contribution in [0.2, 0.25) is 0 Å². The number of phenolic OH excluding ortho intramolecular Hbond substituents is 1. The van der Waals surface area contributed by atoms with Gasteiger partial charge < -0.3 is 10.2 Å². The molecule has 1 aromatic carbocycles. The van der Waals surface area contributed by atoms with Gasteiger partial charge in [-0.15, -0.1) is 0 Å². The summed E-state index contributed by atoms with van der Waals surface area (Å²) in [6.07, 6.45) is 3.54. The minimum atomic E-state index is 0.336. The molecule has 0 amide bonds. The zero-order valence-electron chi connectivity index (χ0n) is 9.44. The van der Waals surface area contributed by atoms with Gasteiger partial charge in [-0.1, -0.05) is 6.07 Å². The summed E-state index contributed by atoms with van der Waals surface area (Å²) in [6, 6.07) is 5.61. The standard InChI is InChI=1S/C14H14O2S/c15-11-1-3-13-9(5-11)7-17-8-10-6-12(16)2-4-14(10)13/h1,3,5-6,15-16H,2,4,7-8H2. The maximum atomic E-state index is 9.61. The summed E-state index contributed by atoms with van der Waals surface area (Å²) in [5, 5.41) is 19.2. The second kappa shape index (κ2) is 4.15. The van der Waals surface area contributed by atoms with Crippen LogP contribution in [0.15, 0.2) is 35.6 Å². The first-order valence-electron chi connectivity index (χ1n) is 5.75. The third-order valence-corrected chi connectivity index (χ3v) is 4.32. The molecule has 88 valence electrons. The Hall–Kier alpha value is -1.35. The highest BCUT2D eigenvalue weighted by Gasteiger charge is 2.20. The molecular formula is C14H14O2S. The Morgan fingerprint density at radius 1 is 1.06 bits per heavy atom. The zero-order valence-corrected chi connectivity index (χ0v) is 10.3. The number of benzene rings is 1. The molecule has 0 aromatic heterocycles. The highest BCUT2D eigenvalue weighted by Crippen LogP contribution is 2.39. The van der Waals surface area contributed by atoms with Gasteiger partial charge >= 0.3 is 0 Å². The lowest BCUT2D eigenvalue weighted by atomic mass is 9.89. The lowest BCUT2D eigenvalue weighted by molar-refractivity contribution is 0.388. The minimum Gasteiger partial charge on any atom is -0.512 e. The van der Waals surface area contributed by atoms with Crippen LogP contribution in [0.1, 0.15) is 24.0 Å². The molecule has 2 aliphatic rings. The van der Waals surface area contributed by atoms with Gasteiger partial charge in [0, 0.05) is 17.9 Å². The molecule has 17 heavy (non-hydrogen) atoms. The molecule has 2 N–H and O–H groups in total. The number of aliphatic hydroxyl groups excluding tert-OH is 1. The van der Waals surface area contributed by atoms with E-state index in [1.165, 1.54) is 22.3 Å². The summed E-state index contributed by atoms with van der Waals surface area (Å²) in [7, 11) is 0. The molecule has 2 nitrogen and oxygen atoms in total. The summed E-state index contributed by atoms with van der Waals surface area (Å²) in [5.74, 6) is 2.69. The van der Waals surface area contributed by atoms with Gasteiger partial charge in [0.2, 0.25) is 0 Å². The second-order valence-corrected chi connectivity index (χ2v) is 5.46. The Bertz CT molecular complexity index is 529. The molecule has 0 spiro atoms. The van der Waals surface area contributed by atoms with Gasteiger partial charge in [-0.2, -0.15) is 11.8 Å². The highest BCUT2D eigenvalue weighted by atomic mass is 32.2. The fourth-order valence-corrected chi connectivity index (χ4v) is 3.51. The molecule has 0 bridgehead atoms. The number of hydrogen-bond acceptors (Lipinski definition) is 3. The lowest BCUT2D eigenvalue weighted by Crippen LogP contribution is -2.00. The van der Waals surface area contributed by atoms with Crippen LogP contribution >= 0.6 is 11.8 Å². The number of thioether (sulfide) groups is 1. The van der Waals surface area contributed by atoms with Crippen LogP contribution in [-0.4, -0.2) is 16.0 Å². The molecule has 3 heteroatoms. The second-order valence-electron chi connectivity index (χ2n) is 4.47. The molecule has 1 heterocycles. The van der Waals surface area contributed by atoms with E-state index in [0.29, 0.717) is 11.5 Å². The van der Waals surface area contributed by atoms with Crippen LogP contribution in [0.4, 0.5) is 0 Å². The van der Waals surface area contributed by atoms with E-state index in [1.54, 1.807) is 6.07 Å². The van der Waals surface area contributed by atoms with E-state index in [4.69, 9.17) is 0 Å². The number of allylic oxidation sites excluding steroid dienone is 3. The molecular weight excluding hydrogens is 232 g/mol. The third kappa shape index (κ3) is 1.95. The van der Waals surface area contributed by atoms with Crippen molar-refractivity contribution in [2.75, 3.05) is 5.75 Å². The first kappa shape index (κ1) is 10.8. The Kier molecular flexibility index (Phi) is 2.63. The number of aliphatic hydroxyl groups is 1. The summed E-state index contributed by atoms with van der Waals surface area (Å²) in [5.41, 5.74) is 5.02. The summed E-state index contributed by atoms with van der Waals surface area (Å²) in [6.45, 7) is 0. The smallest absolute Gasteiger partial charge is 0.115 e. The Morgan fingerprint density at radius 3 is 2.82 bits per heavy atom. The molecule has 3 rings (SSSR count). The van der Waals surface area contributed by atoms with E-state index in [-0.39, 0.29) is 0 Å². The predicted molar refractivity (Wildman–Crippen MR) is 71.1 cm³/mol. The van der Waals surface area contributed by atoms with E-state index in [2.05, 4.69) is 0 Å². The quantitative estimate of drug-likeness (QED) is 0.734. The average molecular weight is 246 g/mol.